The van der Waals surface area contributed by atoms with Gasteiger partial charge in [0.1, 0.15) is 36.7 Å². The quantitative estimate of drug-likeness (QED) is 0.361. The zero-order chi connectivity index (χ0) is 21.8. The molecule has 0 radical (unpaired) electrons. The summed E-state index contributed by atoms with van der Waals surface area (Å²) in [5.74, 6) is -0.368. The Balaban J connectivity index is 1.54. The molecule has 2 aromatic rings. The number of anilines is 1. The second-order valence-electron chi connectivity index (χ2n) is 7.57. The van der Waals surface area contributed by atoms with Crippen molar-refractivity contribution < 1.29 is 29.2 Å². The molecule has 166 valence electrons. The van der Waals surface area contributed by atoms with Crippen LogP contribution in [0.25, 0.3) is 11.2 Å². The van der Waals surface area contributed by atoms with Gasteiger partial charge in [-0.1, -0.05) is 13.8 Å². The normalized spacial score (nSPS) is 23.7. The fourth-order valence-electron chi connectivity index (χ4n) is 3.08. The third-order valence-electron chi connectivity index (χ3n) is 4.95. The van der Waals surface area contributed by atoms with E-state index in [1.54, 1.807) is 4.57 Å². The maximum Gasteiger partial charge on any atom is 0.323 e. The highest BCUT2D eigenvalue weighted by atomic mass is 16.6. The Bertz CT molecular complexity index is 861. The first kappa shape index (κ1) is 22.3. The van der Waals surface area contributed by atoms with Crippen molar-refractivity contribution in [3.05, 3.63) is 12.7 Å². The number of esters is 1. The molecule has 3 rings (SSSR count). The Kier molecular flexibility index (Phi) is 7.15. The summed E-state index contributed by atoms with van der Waals surface area (Å²) < 4.78 is 18.2. The molecular weight excluding hydrogens is 396 g/mol. The number of hydrogen-bond acceptors (Lipinski definition) is 11. The molecule has 0 bridgehead atoms. The van der Waals surface area contributed by atoms with Gasteiger partial charge in [0.05, 0.1) is 25.6 Å². The average molecular weight is 424 g/mol. The van der Waals surface area contributed by atoms with E-state index in [4.69, 9.17) is 25.7 Å². The highest BCUT2D eigenvalue weighted by Gasteiger charge is 2.37. The van der Waals surface area contributed by atoms with Crippen LogP contribution < -0.4 is 11.5 Å². The van der Waals surface area contributed by atoms with Crippen LogP contribution in [0.1, 0.15) is 26.5 Å². The molecule has 30 heavy (non-hydrogen) atoms. The van der Waals surface area contributed by atoms with E-state index in [0.29, 0.717) is 17.6 Å². The van der Waals surface area contributed by atoms with Gasteiger partial charge in [0.2, 0.25) is 0 Å². The first-order valence-corrected chi connectivity index (χ1v) is 9.73. The predicted octanol–water partition coefficient (Wildman–Crippen LogP) is -1.04. The van der Waals surface area contributed by atoms with Crippen LogP contribution in [-0.4, -0.2) is 79.9 Å². The van der Waals surface area contributed by atoms with Gasteiger partial charge in [0, 0.05) is 6.42 Å². The van der Waals surface area contributed by atoms with Crippen LogP contribution >= 0.6 is 0 Å². The van der Waals surface area contributed by atoms with Gasteiger partial charge < -0.3 is 35.9 Å². The number of ether oxygens (including phenoxy) is 3. The summed E-state index contributed by atoms with van der Waals surface area (Å²) in [7, 11) is 0. The number of imidazole rings is 1. The summed E-state index contributed by atoms with van der Waals surface area (Å²) in [6.07, 6.45) is 0.408. The lowest BCUT2D eigenvalue weighted by molar-refractivity contribution is -0.153. The number of aromatic nitrogens is 4. The van der Waals surface area contributed by atoms with Gasteiger partial charge >= 0.3 is 5.97 Å². The number of nitrogens with two attached hydrogens (primary N) is 2. The minimum absolute atomic E-state index is 0.0591. The Labute approximate surface area is 173 Å². The van der Waals surface area contributed by atoms with Crippen LogP contribution in [-0.2, 0) is 19.0 Å². The molecule has 2 aromatic heterocycles. The molecule has 1 aliphatic heterocycles. The zero-order valence-corrected chi connectivity index (χ0v) is 16.9. The molecule has 6 N–H and O–H groups in total. The van der Waals surface area contributed by atoms with Crippen molar-refractivity contribution >= 4 is 23.0 Å². The monoisotopic (exact) mass is 424 g/mol. The highest BCUT2D eigenvalue weighted by Crippen LogP contribution is 2.31. The lowest BCUT2D eigenvalue weighted by Gasteiger charge is -2.20. The molecule has 2 unspecified atom stereocenters. The summed E-state index contributed by atoms with van der Waals surface area (Å²) >= 11 is 0. The van der Waals surface area contributed by atoms with E-state index >= 15 is 0 Å². The van der Waals surface area contributed by atoms with Gasteiger partial charge in [-0.25, -0.2) is 15.0 Å². The van der Waals surface area contributed by atoms with Crippen LogP contribution in [0.2, 0.25) is 0 Å². The van der Waals surface area contributed by atoms with E-state index < -0.39 is 36.6 Å². The number of nitrogen functional groups attached to an aromatic ring is 1. The minimum Gasteiger partial charge on any atom is -0.462 e. The summed E-state index contributed by atoms with van der Waals surface area (Å²) in [5.41, 5.74) is 12.4. The Morgan fingerprint density at radius 2 is 2.17 bits per heavy atom. The molecule has 12 heteroatoms. The smallest absolute Gasteiger partial charge is 0.323 e. The molecule has 0 spiro atoms. The van der Waals surface area contributed by atoms with Crippen molar-refractivity contribution in [2.24, 2.45) is 11.7 Å². The molecule has 5 atom stereocenters. The zero-order valence-electron chi connectivity index (χ0n) is 16.9. The number of carbonyl (C=O) groups excluding carboxylic acids is 1. The number of rotatable bonds is 9. The van der Waals surface area contributed by atoms with Gasteiger partial charge in [0.25, 0.3) is 0 Å². The van der Waals surface area contributed by atoms with Gasteiger partial charge in [-0.2, -0.15) is 0 Å². The summed E-state index contributed by atoms with van der Waals surface area (Å²) in [4.78, 5) is 24.1. The maximum absolute atomic E-state index is 11.8. The standard InChI is InChI=1S/C18H28N6O6/c1-9(2)13(19)18(27)29-6-11(4-25)28-5-10-3-12(26)17(30-10)24-8-23-14-15(20)21-7-22-16(14)24/h7-13,17,25-26H,3-6,19H2,1-2H3,(H2,20,21,22)/t10-,11?,12-,13?,17+/m0/s1. The Morgan fingerprint density at radius 1 is 1.40 bits per heavy atom. The predicted molar refractivity (Wildman–Crippen MR) is 105 cm³/mol. The van der Waals surface area contributed by atoms with Gasteiger partial charge in [-0.05, 0) is 5.92 Å². The molecule has 0 aliphatic carbocycles. The molecule has 1 saturated heterocycles. The molecule has 3 heterocycles. The third-order valence-corrected chi connectivity index (χ3v) is 4.95. The minimum atomic E-state index is -0.818. The molecule has 1 fully saturated rings. The van der Waals surface area contributed by atoms with E-state index in [1.807, 2.05) is 13.8 Å². The molecule has 0 saturated carbocycles. The fraction of sp³-hybridized carbons (Fsp3) is 0.667. The largest absolute Gasteiger partial charge is 0.462 e. The number of fused-ring (bicyclic) bond motifs is 1. The number of carbonyl (C=O) groups is 1. The van der Waals surface area contributed by atoms with E-state index in [2.05, 4.69) is 15.0 Å². The highest BCUT2D eigenvalue weighted by molar-refractivity contribution is 5.81. The van der Waals surface area contributed by atoms with Gasteiger partial charge in [-0.15, -0.1) is 0 Å². The van der Waals surface area contributed by atoms with Crippen LogP contribution in [0.4, 0.5) is 5.82 Å². The summed E-state index contributed by atoms with van der Waals surface area (Å²) in [6, 6.07) is -0.735. The van der Waals surface area contributed by atoms with Crippen LogP contribution in [0, 0.1) is 5.92 Å². The number of aliphatic hydroxyl groups excluding tert-OH is 2. The molecule has 1 aliphatic rings. The van der Waals surface area contributed by atoms with Crippen molar-refractivity contribution in [3.63, 3.8) is 0 Å². The summed E-state index contributed by atoms with van der Waals surface area (Å²) in [5, 5.41) is 19.9. The topological polar surface area (TPSA) is 181 Å². The van der Waals surface area contributed by atoms with Crippen molar-refractivity contribution in [3.8, 4) is 0 Å². The maximum atomic E-state index is 11.8. The van der Waals surface area contributed by atoms with Gasteiger partial charge in [-0.3, -0.25) is 9.36 Å². The molecule has 12 nitrogen and oxygen atoms in total. The molecule has 0 aromatic carbocycles. The first-order valence-electron chi connectivity index (χ1n) is 9.73. The van der Waals surface area contributed by atoms with Crippen LogP contribution in [0.15, 0.2) is 12.7 Å². The average Bonchev–Trinajstić information content (AvgIpc) is 3.31. The van der Waals surface area contributed by atoms with E-state index in [1.165, 1.54) is 12.7 Å². The first-order chi connectivity index (χ1) is 14.3. The van der Waals surface area contributed by atoms with Crippen molar-refractivity contribution in [1.82, 2.24) is 19.5 Å². The van der Waals surface area contributed by atoms with E-state index in [9.17, 15) is 15.0 Å². The third kappa shape index (κ3) is 4.84. The van der Waals surface area contributed by atoms with Gasteiger partial charge in [0.15, 0.2) is 17.7 Å². The SMILES string of the molecule is CC(C)C(N)C(=O)OCC(CO)OC[C@@H]1C[C@H](O)[C@H](n2cnc3c(N)ncnc32)O1. The number of nitrogens with zero attached hydrogens (tertiary/aromatic N) is 4. The molecule has 0 amide bonds. The van der Waals surface area contributed by atoms with E-state index in [0.717, 1.165) is 0 Å². The van der Waals surface area contributed by atoms with Crippen molar-refractivity contribution in [2.75, 3.05) is 25.6 Å². The number of hydrogen-bond donors (Lipinski definition) is 4. The van der Waals surface area contributed by atoms with Crippen molar-refractivity contribution in [1.29, 1.82) is 0 Å². The summed E-state index contributed by atoms with van der Waals surface area (Å²) in [6.45, 7) is 3.25. The molecular formula is C18H28N6O6. The number of aliphatic hydroxyl groups is 2. The van der Waals surface area contributed by atoms with Crippen LogP contribution in [0.5, 0.6) is 0 Å². The van der Waals surface area contributed by atoms with Crippen LogP contribution in [0.3, 0.4) is 0 Å². The Morgan fingerprint density at radius 3 is 2.87 bits per heavy atom. The fourth-order valence-corrected chi connectivity index (χ4v) is 3.08. The van der Waals surface area contributed by atoms with E-state index in [-0.39, 0.29) is 31.6 Å². The second-order valence-corrected chi connectivity index (χ2v) is 7.57. The lowest BCUT2D eigenvalue weighted by atomic mass is 10.1. The van der Waals surface area contributed by atoms with Crippen molar-refractivity contribution in [2.45, 2.75) is 50.8 Å². The second kappa shape index (κ2) is 9.62. The lowest BCUT2D eigenvalue weighted by Crippen LogP contribution is -2.39. The Hall–Kier alpha value is -2.38.